The van der Waals surface area contributed by atoms with Crippen molar-refractivity contribution in [1.29, 1.82) is 0 Å². The largest absolute Gasteiger partial charge is 0.302 e. The molecule has 0 unspecified atom stereocenters. The molecule has 1 aromatic rings. The van der Waals surface area contributed by atoms with Gasteiger partial charge in [0.15, 0.2) is 0 Å². The van der Waals surface area contributed by atoms with Crippen molar-refractivity contribution in [3.05, 3.63) is 48.0 Å². The lowest BCUT2D eigenvalue weighted by Crippen LogP contribution is -2.46. The first-order valence-corrected chi connectivity index (χ1v) is 8.56. The third-order valence-corrected chi connectivity index (χ3v) is 5.73. The minimum atomic E-state index is 0.527. The minimum Gasteiger partial charge on any atom is -0.302 e. The van der Waals surface area contributed by atoms with Crippen LogP contribution >= 0.6 is 0 Å². The molecule has 1 aliphatic carbocycles. The van der Waals surface area contributed by atoms with Gasteiger partial charge in [0, 0.05) is 24.7 Å². The van der Waals surface area contributed by atoms with Gasteiger partial charge in [0.25, 0.3) is 0 Å². The second kappa shape index (κ2) is 5.58. The maximum Gasteiger partial charge on any atom is 0.0329 e. The maximum atomic E-state index is 2.79. The van der Waals surface area contributed by atoms with Crippen LogP contribution in [-0.2, 0) is 0 Å². The molecule has 4 rings (SSSR count). The molecule has 2 nitrogen and oxygen atoms in total. The second-order valence-corrected chi connectivity index (χ2v) is 6.96. The zero-order valence-electron chi connectivity index (χ0n) is 13.0. The Labute approximate surface area is 128 Å². The zero-order valence-corrected chi connectivity index (χ0v) is 13.0. The zero-order chi connectivity index (χ0) is 14.2. The van der Waals surface area contributed by atoms with Gasteiger partial charge < -0.3 is 4.90 Å². The highest BCUT2D eigenvalue weighted by molar-refractivity contribution is 5.24. The molecule has 0 saturated carbocycles. The number of fused-ring (bicyclic) bond motifs is 2. The Kier molecular flexibility index (Phi) is 3.60. The van der Waals surface area contributed by atoms with Crippen LogP contribution in [-0.4, -0.2) is 41.5 Å². The van der Waals surface area contributed by atoms with Gasteiger partial charge in [-0.2, -0.15) is 0 Å². The van der Waals surface area contributed by atoms with E-state index in [-0.39, 0.29) is 0 Å². The molecule has 112 valence electrons. The molecule has 21 heavy (non-hydrogen) atoms. The minimum absolute atomic E-state index is 0.527. The number of hydrogen-bond acceptors (Lipinski definition) is 2. The third-order valence-electron chi connectivity index (χ3n) is 5.73. The van der Waals surface area contributed by atoms with Gasteiger partial charge >= 0.3 is 0 Å². The summed E-state index contributed by atoms with van der Waals surface area (Å²) in [5, 5.41) is 0. The van der Waals surface area contributed by atoms with Gasteiger partial charge in [-0.1, -0.05) is 42.5 Å². The smallest absolute Gasteiger partial charge is 0.0329 e. The summed E-state index contributed by atoms with van der Waals surface area (Å²) in [6.45, 7) is 6.28. The van der Waals surface area contributed by atoms with Gasteiger partial charge in [0.2, 0.25) is 0 Å². The predicted octanol–water partition coefficient (Wildman–Crippen LogP) is 3.47. The molecule has 2 heteroatoms. The normalized spacial score (nSPS) is 33.9. The van der Waals surface area contributed by atoms with Crippen LogP contribution in [0.3, 0.4) is 0 Å². The standard InChI is InChI=1S/C19H26N2/c1-15(16-7-3-2-4-8-16)21-18-10-9-17(13-18)19(21)14-20-11-5-6-12-20/h2-4,7-10,15,17-19H,5-6,11-14H2,1H3/t15-,17+,18-,19-/m0/s1. The van der Waals surface area contributed by atoms with E-state index in [1.807, 2.05) is 0 Å². The quantitative estimate of drug-likeness (QED) is 0.780. The van der Waals surface area contributed by atoms with Gasteiger partial charge in [-0.25, -0.2) is 0 Å². The molecule has 2 fully saturated rings. The third kappa shape index (κ3) is 2.45. The molecule has 0 N–H and O–H groups in total. The van der Waals surface area contributed by atoms with Crippen LogP contribution in [0.2, 0.25) is 0 Å². The Morgan fingerprint density at radius 1 is 1.10 bits per heavy atom. The van der Waals surface area contributed by atoms with Crippen LogP contribution in [0.5, 0.6) is 0 Å². The number of rotatable bonds is 4. The maximum absolute atomic E-state index is 2.79. The summed E-state index contributed by atoms with van der Waals surface area (Å²) in [7, 11) is 0. The number of benzene rings is 1. The van der Waals surface area contributed by atoms with E-state index in [2.05, 4.69) is 59.2 Å². The molecule has 2 heterocycles. The average Bonchev–Trinajstić information content (AvgIpc) is 3.24. The summed E-state index contributed by atoms with van der Waals surface area (Å²) in [5.74, 6) is 0.779. The van der Waals surface area contributed by atoms with Crippen LogP contribution < -0.4 is 0 Å². The average molecular weight is 282 g/mol. The first-order valence-electron chi connectivity index (χ1n) is 8.56. The van der Waals surface area contributed by atoms with E-state index in [1.54, 1.807) is 0 Å². The van der Waals surface area contributed by atoms with Gasteiger partial charge in [-0.05, 0) is 50.8 Å². The fourth-order valence-corrected chi connectivity index (χ4v) is 4.62. The van der Waals surface area contributed by atoms with Crippen LogP contribution in [0, 0.1) is 5.92 Å². The van der Waals surface area contributed by atoms with Crippen LogP contribution in [0.1, 0.15) is 37.8 Å². The molecular weight excluding hydrogens is 256 g/mol. The Bertz CT molecular complexity index is 504. The van der Waals surface area contributed by atoms with Crippen LogP contribution in [0.15, 0.2) is 42.5 Å². The molecule has 2 saturated heterocycles. The first-order chi connectivity index (χ1) is 10.3. The highest BCUT2D eigenvalue weighted by Gasteiger charge is 2.45. The molecule has 0 aromatic heterocycles. The van der Waals surface area contributed by atoms with E-state index in [0.717, 1.165) is 5.92 Å². The van der Waals surface area contributed by atoms with E-state index in [4.69, 9.17) is 0 Å². The lowest BCUT2D eigenvalue weighted by Gasteiger charge is -2.39. The lowest BCUT2D eigenvalue weighted by molar-refractivity contribution is 0.113. The summed E-state index contributed by atoms with van der Waals surface area (Å²) >= 11 is 0. The van der Waals surface area contributed by atoms with Crippen molar-refractivity contribution in [1.82, 2.24) is 9.80 Å². The monoisotopic (exact) mass is 282 g/mol. The molecule has 1 aromatic carbocycles. The van der Waals surface area contributed by atoms with Crippen molar-refractivity contribution >= 4 is 0 Å². The Morgan fingerprint density at radius 2 is 1.86 bits per heavy atom. The van der Waals surface area contributed by atoms with Crippen molar-refractivity contribution in [2.45, 2.75) is 44.3 Å². The molecular formula is C19H26N2. The molecule has 0 spiro atoms. The molecule has 0 amide bonds. The Balaban J connectivity index is 1.55. The molecule has 0 radical (unpaired) electrons. The Morgan fingerprint density at radius 3 is 2.62 bits per heavy atom. The van der Waals surface area contributed by atoms with E-state index in [1.165, 1.54) is 44.5 Å². The highest BCUT2D eigenvalue weighted by atomic mass is 15.3. The number of nitrogens with zero attached hydrogens (tertiary/aromatic N) is 2. The van der Waals surface area contributed by atoms with Gasteiger partial charge in [0.1, 0.15) is 0 Å². The van der Waals surface area contributed by atoms with Gasteiger partial charge in [-0.3, -0.25) is 4.90 Å². The molecule has 3 aliphatic rings. The van der Waals surface area contributed by atoms with Crippen molar-refractivity contribution in [3.8, 4) is 0 Å². The van der Waals surface area contributed by atoms with Crippen molar-refractivity contribution in [2.75, 3.05) is 19.6 Å². The summed E-state index contributed by atoms with van der Waals surface area (Å²) in [4.78, 5) is 5.47. The highest BCUT2D eigenvalue weighted by Crippen LogP contribution is 2.42. The fraction of sp³-hybridized carbons (Fsp3) is 0.579. The van der Waals surface area contributed by atoms with Crippen LogP contribution in [0.25, 0.3) is 0 Å². The van der Waals surface area contributed by atoms with Gasteiger partial charge in [-0.15, -0.1) is 0 Å². The lowest BCUT2D eigenvalue weighted by atomic mass is 9.98. The van der Waals surface area contributed by atoms with Crippen molar-refractivity contribution < 1.29 is 0 Å². The van der Waals surface area contributed by atoms with Gasteiger partial charge in [0.05, 0.1) is 0 Å². The van der Waals surface area contributed by atoms with E-state index < -0.39 is 0 Å². The summed E-state index contributed by atoms with van der Waals surface area (Å²) in [5.41, 5.74) is 1.46. The van der Waals surface area contributed by atoms with E-state index in [0.29, 0.717) is 18.1 Å². The summed E-state index contributed by atoms with van der Waals surface area (Å²) in [6, 6.07) is 12.9. The first kappa shape index (κ1) is 13.5. The molecule has 2 bridgehead atoms. The Hall–Kier alpha value is -1.12. The number of likely N-dealkylation sites (tertiary alicyclic amines) is 2. The molecule has 2 aliphatic heterocycles. The van der Waals surface area contributed by atoms with Crippen LogP contribution in [0.4, 0.5) is 0 Å². The van der Waals surface area contributed by atoms with E-state index >= 15 is 0 Å². The fourth-order valence-electron chi connectivity index (χ4n) is 4.62. The predicted molar refractivity (Wildman–Crippen MR) is 87.2 cm³/mol. The summed E-state index contributed by atoms with van der Waals surface area (Å²) < 4.78 is 0. The SMILES string of the molecule is C[C@@H](c1ccccc1)N1[C@H]2C=C[C@H](C2)[C@@H]1CN1CCCC1. The topological polar surface area (TPSA) is 6.48 Å². The van der Waals surface area contributed by atoms with Crippen molar-refractivity contribution in [3.63, 3.8) is 0 Å². The summed E-state index contributed by atoms with van der Waals surface area (Å²) in [6.07, 6.45) is 9.07. The van der Waals surface area contributed by atoms with E-state index in [9.17, 15) is 0 Å². The second-order valence-electron chi connectivity index (χ2n) is 6.96. The molecule has 4 atom stereocenters. The van der Waals surface area contributed by atoms with Crippen molar-refractivity contribution in [2.24, 2.45) is 5.92 Å². The number of hydrogen-bond donors (Lipinski definition) is 0.